The molecule has 1 N–H and O–H groups in total. The Hall–Kier alpha value is -1.67. The predicted molar refractivity (Wildman–Crippen MR) is 77.5 cm³/mol. The van der Waals surface area contributed by atoms with Crippen LogP contribution in [0.5, 0.6) is 0 Å². The molecule has 0 spiro atoms. The van der Waals surface area contributed by atoms with Crippen molar-refractivity contribution < 1.29 is 4.39 Å². The lowest BCUT2D eigenvalue weighted by Crippen LogP contribution is -2.20. The largest absolute Gasteiger partial charge is 0.306 e. The maximum absolute atomic E-state index is 13.1. The molecule has 0 amide bonds. The van der Waals surface area contributed by atoms with Gasteiger partial charge in [-0.25, -0.2) is 4.39 Å². The number of aryl methyl sites for hydroxylation is 1. The van der Waals surface area contributed by atoms with Gasteiger partial charge in [-0.05, 0) is 36.6 Å². The first-order chi connectivity index (χ1) is 9.19. The molecule has 2 aromatic carbocycles. The Morgan fingerprint density at radius 2 is 1.84 bits per heavy atom. The summed E-state index contributed by atoms with van der Waals surface area (Å²) >= 11 is 0. The molecule has 1 atom stereocenters. The van der Waals surface area contributed by atoms with Gasteiger partial charge in [-0.1, -0.05) is 48.9 Å². The molecule has 19 heavy (non-hydrogen) atoms. The number of nitrogens with one attached hydrogen (secondary N) is 1. The first kappa shape index (κ1) is 13.8. The van der Waals surface area contributed by atoms with Crippen LogP contribution in [0.15, 0.2) is 48.5 Å². The number of hydrogen-bond donors (Lipinski definition) is 1. The zero-order valence-electron chi connectivity index (χ0n) is 11.5. The first-order valence-corrected chi connectivity index (χ1v) is 6.73. The summed E-state index contributed by atoms with van der Waals surface area (Å²) in [6.07, 6.45) is 1.01. The molecule has 100 valence electrons. The Labute approximate surface area is 114 Å². The summed E-state index contributed by atoms with van der Waals surface area (Å²) in [6, 6.07) is 15.6. The van der Waals surface area contributed by atoms with Crippen LogP contribution in [0, 0.1) is 12.7 Å². The zero-order valence-corrected chi connectivity index (χ0v) is 11.5. The standard InChI is InChI=1S/C17H20FN/c1-3-17(15-9-7-13(2)8-10-15)19-12-14-5-4-6-16(18)11-14/h4-11,17,19H,3,12H2,1-2H3. The highest BCUT2D eigenvalue weighted by atomic mass is 19.1. The summed E-state index contributed by atoms with van der Waals surface area (Å²) in [7, 11) is 0. The fourth-order valence-corrected chi connectivity index (χ4v) is 2.18. The normalized spacial score (nSPS) is 12.4. The quantitative estimate of drug-likeness (QED) is 0.838. The Balaban J connectivity index is 2.01. The molecular weight excluding hydrogens is 237 g/mol. The first-order valence-electron chi connectivity index (χ1n) is 6.73. The van der Waals surface area contributed by atoms with Crippen LogP contribution in [0.4, 0.5) is 4.39 Å². The minimum atomic E-state index is -0.178. The van der Waals surface area contributed by atoms with E-state index in [1.165, 1.54) is 17.2 Å². The third-order valence-corrected chi connectivity index (χ3v) is 3.33. The van der Waals surface area contributed by atoms with Crippen molar-refractivity contribution in [2.75, 3.05) is 0 Å². The summed E-state index contributed by atoms with van der Waals surface area (Å²) in [6.45, 7) is 4.93. The molecule has 0 bridgehead atoms. The Bertz CT molecular complexity index is 519. The Morgan fingerprint density at radius 1 is 1.11 bits per heavy atom. The van der Waals surface area contributed by atoms with Crippen molar-refractivity contribution in [1.82, 2.24) is 5.32 Å². The van der Waals surface area contributed by atoms with Crippen LogP contribution in [-0.2, 0) is 6.54 Å². The minimum absolute atomic E-state index is 0.178. The molecule has 0 heterocycles. The number of hydrogen-bond acceptors (Lipinski definition) is 1. The van der Waals surface area contributed by atoms with Gasteiger partial charge in [0.15, 0.2) is 0 Å². The van der Waals surface area contributed by atoms with Gasteiger partial charge < -0.3 is 5.32 Å². The topological polar surface area (TPSA) is 12.0 Å². The van der Waals surface area contributed by atoms with Gasteiger partial charge in [0.2, 0.25) is 0 Å². The molecule has 0 aliphatic carbocycles. The lowest BCUT2D eigenvalue weighted by molar-refractivity contribution is 0.517. The van der Waals surface area contributed by atoms with Crippen LogP contribution in [0.3, 0.4) is 0 Å². The molecule has 0 aliphatic heterocycles. The van der Waals surface area contributed by atoms with E-state index in [0.29, 0.717) is 12.6 Å². The monoisotopic (exact) mass is 257 g/mol. The second-order valence-corrected chi connectivity index (χ2v) is 4.88. The van der Waals surface area contributed by atoms with Gasteiger partial charge in [-0.2, -0.15) is 0 Å². The van der Waals surface area contributed by atoms with Gasteiger partial charge in [-0.3, -0.25) is 0 Å². The highest BCUT2D eigenvalue weighted by molar-refractivity contribution is 5.24. The van der Waals surface area contributed by atoms with Gasteiger partial charge in [0.05, 0.1) is 0 Å². The Kier molecular flexibility index (Phi) is 4.69. The molecule has 0 fully saturated rings. The summed E-state index contributed by atoms with van der Waals surface area (Å²) in [5.74, 6) is -0.178. The average molecular weight is 257 g/mol. The molecule has 2 rings (SSSR count). The van der Waals surface area contributed by atoms with Crippen LogP contribution in [0.25, 0.3) is 0 Å². The van der Waals surface area contributed by atoms with Crippen molar-refractivity contribution in [3.05, 3.63) is 71.0 Å². The van der Waals surface area contributed by atoms with Crippen LogP contribution >= 0.6 is 0 Å². The molecule has 0 saturated carbocycles. The maximum Gasteiger partial charge on any atom is 0.123 e. The number of halogens is 1. The van der Waals surface area contributed by atoms with E-state index in [4.69, 9.17) is 0 Å². The highest BCUT2D eigenvalue weighted by Gasteiger charge is 2.08. The summed E-state index contributed by atoms with van der Waals surface area (Å²) in [5, 5.41) is 3.48. The van der Waals surface area contributed by atoms with E-state index in [-0.39, 0.29) is 5.82 Å². The molecule has 1 unspecified atom stereocenters. The fraction of sp³-hybridized carbons (Fsp3) is 0.294. The molecule has 2 heteroatoms. The highest BCUT2D eigenvalue weighted by Crippen LogP contribution is 2.18. The molecule has 2 aromatic rings. The van der Waals surface area contributed by atoms with Crippen LogP contribution in [0.2, 0.25) is 0 Å². The molecule has 0 saturated heterocycles. The van der Waals surface area contributed by atoms with Crippen molar-refractivity contribution in [2.45, 2.75) is 32.9 Å². The van der Waals surface area contributed by atoms with Crippen molar-refractivity contribution >= 4 is 0 Å². The zero-order chi connectivity index (χ0) is 13.7. The lowest BCUT2D eigenvalue weighted by atomic mass is 10.0. The van der Waals surface area contributed by atoms with E-state index in [0.717, 1.165) is 12.0 Å². The van der Waals surface area contributed by atoms with E-state index < -0.39 is 0 Å². The second-order valence-electron chi connectivity index (χ2n) is 4.88. The molecule has 1 nitrogen and oxygen atoms in total. The van der Waals surface area contributed by atoms with E-state index in [2.05, 4.69) is 43.4 Å². The second kappa shape index (κ2) is 6.48. The Morgan fingerprint density at radius 3 is 2.47 bits per heavy atom. The number of rotatable bonds is 5. The van der Waals surface area contributed by atoms with Crippen molar-refractivity contribution in [3.8, 4) is 0 Å². The van der Waals surface area contributed by atoms with Crippen molar-refractivity contribution in [3.63, 3.8) is 0 Å². The van der Waals surface area contributed by atoms with Gasteiger partial charge in [0.1, 0.15) is 5.82 Å². The van der Waals surface area contributed by atoms with E-state index in [1.54, 1.807) is 12.1 Å². The number of benzene rings is 2. The van der Waals surface area contributed by atoms with Crippen molar-refractivity contribution in [2.24, 2.45) is 0 Å². The van der Waals surface area contributed by atoms with Gasteiger partial charge in [0.25, 0.3) is 0 Å². The summed E-state index contributed by atoms with van der Waals surface area (Å²) in [5.41, 5.74) is 3.53. The maximum atomic E-state index is 13.1. The molecular formula is C17H20FN. The van der Waals surface area contributed by atoms with E-state index in [9.17, 15) is 4.39 Å². The molecule has 0 radical (unpaired) electrons. The lowest BCUT2D eigenvalue weighted by Gasteiger charge is -2.17. The molecule has 0 aromatic heterocycles. The summed E-state index contributed by atoms with van der Waals surface area (Å²) in [4.78, 5) is 0. The fourth-order valence-electron chi connectivity index (χ4n) is 2.18. The SMILES string of the molecule is CCC(NCc1cccc(F)c1)c1ccc(C)cc1. The summed E-state index contributed by atoms with van der Waals surface area (Å²) < 4.78 is 13.1. The van der Waals surface area contributed by atoms with Gasteiger partial charge in [-0.15, -0.1) is 0 Å². The van der Waals surface area contributed by atoms with Gasteiger partial charge in [0, 0.05) is 12.6 Å². The minimum Gasteiger partial charge on any atom is -0.306 e. The van der Waals surface area contributed by atoms with Gasteiger partial charge >= 0.3 is 0 Å². The van der Waals surface area contributed by atoms with Crippen molar-refractivity contribution in [1.29, 1.82) is 0 Å². The van der Waals surface area contributed by atoms with Crippen LogP contribution < -0.4 is 5.32 Å². The third kappa shape index (κ3) is 3.90. The van der Waals surface area contributed by atoms with E-state index in [1.807, 2.05) is 6.07 Å². The van der Waals surface area contributed by atoms with Crippen LogP contribution in [0.1, 0.15) is 36.1 Å². The smallest absolute Gasteiger partial charge is 0.123 e. The third-order valence-electron chi connectivity index (χ3n) is 3.33. The average Bonchev–Trinajstić information content (AvgIpc) is 2.41. The predicted octanol–water partition coefficient (Wildman–Crippen LogP) is 4.38. The van der Waals surface area contributed by atoms with Crippen LogP contribution in [-0.4, -0.2) is 0 Å². The molecule has 0 aliphatic rings. The van der Waals surface area contributed by atoms with E-state index >= 15 is 0 Å².